The monoisotopic (exact) mass is 623 g/mol. The summed E-state index contributed by atoms with van der Waals surface area (Å²) in [6.07, 6.45) is -0.166. The number of cyclic esters (lactones) is 1. The first-order chi connectivity index (χ1) is 21.8. The fraction of sp³-hybridized carbons (Fsp3) is 0.375. The van der Waals surface area contributed by atoms with Gasteiger partial charge in [0.15, 0.2) is 34.5 Å². The van der Waals surface area contributed by atoms with E-state index in [1.165, 1.54) is 47.7 Å². The zero-order valence-electron chi connectivity index (χ0n) is 25.7. The number of ether oxygens (including phenoxy) is 9. The number of hydrogen-bond donors (Lipinski definition) is 1. The van der Waals surface area contributed by atoms with Crippen LogP contribution in [0.5, 0.6) is 46.0 Å². The van der Waals surface area contributed by atoms with Gasteiger partial charge in [-0.15, -0.1) is 0 Å². The Hall–Kier alpha value is -5.04. The molecule has 0 bridgehead atoms. The van der Waals surface area contributed by atoms with E-state index in [2.05, 4.69) is 4.90 Å². The van der Waals surface area contributed by atoms with Crippen LogP contribution in [0.3, 0.4) is 0 Å². The van der Waals surface area contributed by atoms with E-state index in [-0.39, 0.29) is 36.2 Å². The molecule has 0 aromatic heterocycles. The van der Waals surface area contributed by atoms with Crippen molar-refractivity contribution in [2.75, 3.05) is 55.9 Å². The number of methoxy groups -OCH3 is 5. The van der Waals surface area contributed by atoms with Crippen molar-refractivity contribution in [3.05, 3.63) is 57.6 Å². The highest BCUT2D eigenvalue weighted by molar-refractivity contribution is 5.98. The molecule has 0 spiro atoms. The van der Waals surface area contributed by atoms with Gasteiger partial charge in [0.05, 0.1) is 47.2 Å². The first-order valence-corrected chi connectivity index (χ1v) is 14.1. The van der Waals surface area contributed by atoms with Crippen LogP contribution < -0.4 is 33.2 Å². The van der Waals surface area contributed by atoms with E-state index < -0.39 is 24.1 Å². The molecule has 0 amide bonds. The van der Waals surface area contributed by atoms with Gasteiger partial charge in [-0.25, -0.2) is 9.59 Å². The molecule has 0 saturated heterocycles. The first-order valence-electron chi connectivity index (χ1n) is 14.1. The summed E-state index contributed by atoms with van der Waals surface area (Å²) in [5, 5.41) is 10.3. The fourth-order valence-electron chi connectivity index (χ4n) is 6.31. The topological polar surface area (TPSA) is 141 Å². The van der Waals surface area contributed by atoms with Crippen LogP contribution in [0.4, 0.5) is 0 Å². The Morgan fingerprint density at radius 3 is 2.24 bits per heavy atom. The number of carbonyl (C=O) groups is 2. The van der Waals surface area contributed by atoms with Gasteiger partial charge < -0.3 is 47.7 Å². The Bertz CT molecular complexity index is 1660. The summed E-state index contributed by atoms with van der Waals surface area (Å²) >= 11 is 0. The molecule has 13 nitrogen and oxygen atoms in total. The smallest absolute Gasteiger partial charge is 0.343 e. The second kappa shape index (κ2) is 11.8. The molecular weight excluding hydrogens is 590 g/mol. The van der Waals surface area contributed by atoms with Crippen molar-refractivity contribution in [1.29, 1.82) is 0 Å². The molecule has 1 N–H and O–H groups in total. The SMILES string of the molecule is COc1cc(C(=O)OCc2c3c(c(OC)c4c2OCO4)[C@H]([C@H]2OC(=O)c4c2ccc(OC)c4OC)N(C)CC3)cc(OC)c1O. The highest BCUT2D eigenvalue weighted by atomic mass is 16.7. The summed E-state index contributed by atoms with van der Waals surface area (Å²) in [6.45, 7) is 0.371. The van der Waals surface area contributed by atoms with E-state index >= 15 is 0 Å². The molecule has 3 aliphatic rings. The average molecular weight is 624 g/mol. The van der Waals surface area contributed by atoms with Gasteiger partial charge in [-0.2, -0.15) is 0 Å². The van der Waals surface area contributed by atoms with Gasteiger partial charge in [-0.3, -0.25) is 4.90 Å². The lowest BCUT2D eigenvalue weighted by Crippen LogP contribution is -2.37. The van der Waals surface area contributed by atoms with E-state index in [9.17, 15) is 14.7 Å². The molecule has 3 aromatic carbocycles. The normalized spacial score (nSPS) is 18.0. The second-order valence-electron chi connectivity index (χ2n) is 10.5. The molecule has 3 aliphatic heterocycles. The van der Waals surface area contributed by atoms with Crippen LogP contribution in [0.25, 0.3) is 0 Å². The third-order valence-corrected chi connectivity index (χ3v) is 8.39. The van der Waals surface area contributed by atoms with Crippen LogP contribution in [-0.4, -0.2) is 77.9 Å². The number of likely N-dealkylation sites (N-methyl/N-ethyl adjacent to an activating group) is 1. The first kappa shape index (κ1) is 30.0. The number of fused-ring (bicyclic) bond motifs is 3. The third kappa shape index (κ3) is 4.74. The standard InChI is InChI=1S/C32H33NO12/c1-33-10-9-16-18(13-42-31(35)15-11-20(38-3)25(34)21(12-15)39-4)27-30(44-14-43-27)29(41-6)22(16)24(33)26-17-7-8-19(37-2)28(40-5)23(17)32(36)45-26/h7-8,11-12,24,26,34H,9-10,13-14H2,1-6H3/t24-,26+/m1/s1. The van der Waals surface area contributed by atoms with Crippen molar-refractivity contribution in [1.82, 2.24) is 4.90 Å². The molecule has 0 fully saturated rings. The molecule has 0 saturated carbocycles. The average Bonchev–Trinajstić information content (AvgIpc) is 3.67. The maximum atomic E-state index is 13.3. The minimum Gasteiger partial charge on any atom is -0.502 e. The van der Waals surface area contributed by atoms with Crippen LogP contribution in [0, 0.1) is 0 Å². The number of rotatable bonds is 9. The third-order valence-electron chi connectivity index (χ3n) is 8.39. The largest absolute Gasteiger partial charge is 0.502 e. The van der Waals surface area contributed by atoms with E-state index in [0.717, 1.165) is 11.1 Å². The summed E-state index contributed by atoms with van der Waals surface area (Å²) in [7, 11) is 9.19. The minimum atomic E-state index is -0.724. The van der Waals surface area contributed by atoms with Crippen molar-refractivity contribution >= 4 is 11.9 Å². The van der Waals surface area contributed by atoms with Gasteiger partial charge in [0, 0.05) is 23.2 Å². The zero-order chi connectivity index (χ0) is 32.0. The lowest BCUT2D eigenvalue weighted by molar-refractivity contribution is 0.00846. The Morgan fingerprint density at radius 1 is 0.933 bits per heavy atom. The molecular formula is C32H33NO12. The molecule has 6 rings (SSSR count). The van der Waals surface area contributed by atoms with Gasteiger partial charge in [0.25, 0.3) is 0 Å². The summed E-state index contributed by atoms with van der Waals surface area (Å²) < 4.78 is 50.9. The quantitative estimate of drug-likeness (QED) is 0.344. The molecule has 13 heteroatoms. The summed E-state index contributed by atoms with van der Waals surface area (Å²) in [6, 6.07) is 5.78. The van der Waals surface area contributed by atoms with Crippen molar-refractivity contribution in [2.24, 2.45) is 0 Å². The number of benzene rings is 3. The maximum Gasteiger partial charge on any atom is 0.343 e. The molecule has 3 aromatic rings. The number of esters is 2. The van der Waals surface area contributed by atoms with Gasteiger partial charge >= 0.3 is 11.9 Å². The molecule has 0 radical (unpaired) electrons. The summed E-state index contributed by atoms with van der Waals surface area (Å²) in [5.74, 6) is 0.637. The molecule has 3 heterocycles. The van der Waals surface area contributed by atoms with Crippen LogP contribution in [0.15, 0.2) is 24.3 Å². The number of phenolic OH excluding ortho intramolecular Hbond substituents is 1. The predicted molar refractivity (Wildman–Crippen MR) is 156 cm³/mol. The maximum absolute atomic E-state index is 13.3. The summed E-state index contributed by atoms with van der Waals surface area (Å²) in [4.78, 5) is 28.6. The van der Waals surface area contributed by atoms with E-state index in [0.29, 0.717) is 58.4 Å². The van der Waals surface area contributed by atoms with Crippen molar-refractivity contribution in [3.63, 3.8) is 0 Å². The lowest BCUT2D eigenvalue weighted by Gasteiger charge is -2.39. The molecule has 2 atom stereocenters. The number of aromatic hydroxyl groups is 1. The number of nitrogens with zero attached hydrogens (tertiary/aromatic N) is 1. The second-order valence-corrected chi connectivity index (χ2v) is 10.5. The fourth-order valence-corrected chi connectivity index (χ4v) is 6.31. The zero-order valence-corrected chi connectivity index (χ0v) is 25.7. The van der Waals surface area contributed by atoms with E-state index in [1.807, 2.05) is 7.05 Å². The number of hydrogen-bond acceptors (Lipinski definition) is 13. The van der Waals surface area contributed by atoms with Crippen LogP contribution in [0.1, 0.15) is 55.1 Å². The Kier molecular flexibility index (Phi) is 7.87. The van der Waals surface area contributed by atoms with Crippen molar-refractivity contribution < 1.29 is 57.3 Å². The molecule has 0 unspecified atom stereocenters. The number of phenols is 1. The Morgan fingerprint density at radius 2 is 1.60 bits per heavy atom. The van der Waals surface area contributed by atoms with Crippen LogP contribution in [-0.2, 0) is 22.5 Å². The summed E-state index contributed by atoms with van der Waals surface area (Å²) in [5.41, 5.74) is 3.24. The molecule has 45 heavy (non-hydrogen) atoms. The van der Waals surface area contributed by atoms with Crippen LogP contribution >= 0.6 is 0 Å². The lowest BCUT2D eigenvalue weighted by atomic mass is 9.83. The van der Waals surface area contributed by atoms with E-state index in [4.69, 9.17) is 42.6 Å². The van der Waals surface area contributed by atoms with Crippen molar-refractivity contribution in [2.45, 2.75) is 25.2 Å². The van der Waals surface area contributed by atoms with Gasteiger partial charge in [0.2, 0.25) is 18.3 Å². The Balaban J connectivity index is 1.43. The van der Waals surface area contributed by atoms with Crippen molar-refractivity contribution in [3.8, 4) is 46.0 Å². The van der Waals surface area contributed by atoms with E-state index in [1.54, 1.807) is 12.1 Å². The Labute approximate surface area is 259 Å². The highest BCUT2D eigenvalue weighted by Gasteiger charge is 2.47. The molecule has 0 aliphatic carbocycles. The predicted octanol–water partition coefficient (Wildman–Crippen LogP) is 3.96. The highest BCUT2D eigenvalue weighted by Crippen LogP contribution is 2.57. The van der Waals surface area contributed by atoms with Gasteiger partial charge in [-0.05, 0) is 37.2 Å². The molecule has 238 valence electrons. The van der Waals surface area contributed by atoms with Gasteiger partial charge in [-0.1, -0.05) is 6.07 Å². The van der Waals surface area contributed by atoms with Gasteiger partial charge in [0.1, 0.15) is 18.3 Å². The van der Waals surface area contributed by atoms with Crippen LogP contribution in [0.2, 0.25) is 0 Å². The number of carbonyl (C=O) groups excluding carboxylic acids is 2. The minimum absolute atomic E-state index is 0.0549.